The van der Waals surface area contributed by atoms with Gasteiger partial charge in [0.1, 0.15) is 6.04 Å². The molecule has 1 atom stereocenters. The van der Waals surface area contributed by atoms with E-state index >= 15 is 0 Å². The Morgan fingerprint density at radius 3 is 2.53 bits per heavy atom. The van der Waals surface area contributed by atoms with Crippen LogP contribution in [0.15, 0.2) is 0 Å². The first-order valence-electron chi connectivity index (χ1n) is 5.81. The van der Waals surface area contributed by atoms with Gasteiger partial charge in [0.2, 0.25) is 0 Å². The zero-order valence-corrected chi connectivity index (χ0v) is 9.48. The lowest BCUT2D eigenvalue weighted by molar-refractivity contribution is -0.144. The predicted molar refractivity (Wildman–Crippen MR) is 59.7 cm³/mol. The van der Waals surface area contributed by atoms with Crippen molar-refractivity contribution in [3.05, 3.63) is 0 Å². The Labute approximate surface area is 91.4 Å². The van der Waals surface area contributed by atoms with Gasteiger partial charge in [0, 0.05) is 6.04 Å². The van der Waals surface area contributed by atoms with Gasteiger partial charge in [-0.3, -0.25) is 9.69 Å². The topological polar surface area (TPSA) is 66.6 Å². The van der Waals surface area contributed by atoms with Crippen molar-refractivity contribution in [3.63, 3.8) is 0 Å². The molecule has 1 aliphatic carbocycles. The average molecular weight is 214 g/mol. The van der Waals surface area contributed by atoms with E-state index in [1.807, 2.05) is 11.9 Å². The second kappa shape index (κ2) is 6.08. The van der Waals surface area contributed by atoms with Crippen molar-refractivity contribution in [2.45, 2.75) is 50.6 Å². The lowest BCUT2D eigenvalue weighted by Gasteiger charge is -2.35. The number of hydrogen-bond donors (Lipinski definition) is 2. The van der Waals surface area contributed by atoms with Crippen LogP contribution in [0.1, 0.15) is 38.5 Å². The van der Waals surface area contributed by atoms with Crippen LogP contribution in [0.5, 0.6) is 0 Å². The largest absolute Gasteiger partial charge is 0.480 e. The SMILES string of the molecule is CN(C1CCCCC1)C(CCN)C(=O)O. The molecule has 88 valence electrons. The van der Waals surface area contributed by atoms with E-state index in [-0.39, 0.29) is 0 Å². The fraction of sp³-hybridized carbons (Fsp3) is 0.909. The molecule has 0 bridgehead atoms. The minimum atomic E-state index is -0.742. The maximum atomic E-state index is 11.1. The first-order valence-corrected chi connectivity index (χ1v) is 5.81. The highest BCUT2D eigenvalue weighted by molar-refractivity contribution is 5.73. The number of rotatable bonds is 5. The van der Waals surface area contributed by atoms with Gasteiger partial charge >= 0.3 is 5.97 Å². The number of nitrogens with zero attached hydrogens (tertiary/aromatic N) is 1. The summed E-state index contributed by atoms with van der Waals surface area (Å²) in [5.41, 5.74) is 5.44. The summed E-state index contributed by atoms with van der Waals surface area (Å²) in [6.45, 7) is 0.439. The third-order valence-electron chi connectivity index (χ3n) is 3.37. The molecule has 0 aromatic carbocycles. The predicted octanol–water partition coefficient (Wildman–Crippen LogP) is 1.05. The summed E-state index contributed by atoms with van der Waals surface area (Å²) in [5, 5.41) is 9.11. The van der Waals surface area contributed by atoms with Crippen molar-refractivity contribution in [1.29, 1.82) is 0 Å². The number of likely N-dealkylation sites (N-methyl/N-ethyl adjacent to an activating group) is 1. The van der Waals surface area contributed by atoms with Gasteiger partial charge in [-0.2, -0.15) is 0 Å². The molecule has 0 aromatic heterocycles. The van der Waals surface area contributed by atoms with Gasteiger partial charge in [0.05, 0.1) is 0 Å². The summed E-state index contributed by atoms with van der Waals surface area (Å²) in [5.74, 6) is -0.742. The fourth-order valence-electron chi connectivity index (χ4n) is 2.40. The van der Waals surface area contributed by atoms with E-state index in [9.17, 15) is 4.79 Å². The normalized spacial score (nSPS) is 20.5. The van der Waals surface area contributed by atoms with E-state index in [1.54, 1.807) is 0 Å². The van der Waals surface area contributed by atoms with Crippen molar-refractivity contribution in [1.82, 2.24) is 4.90 Å². The molecule has 0 saturated heterocycles. The van der Waals surface area contributed by atoms with E-state index in [0.717, 1.165) is 12.8 Å². The molecular weight excluding hydrogens is 192 g/mol. The van der Waals surface area contributed by atoms with E-state index in [1.165, 1.54) is 19.3 Å². The summed E-state index contributed by atoms with van der Waals surface area (Å²) in [6.07, 6.45) is 6.55. The number of carboxylic acids is 1. The van der Waals surface area contributed by atoms with Crippen molar-refractivity contribution in [3.8, 4) is 0 Å². The van der Waals surface area contributed by atoms with Crippen LogP contribution in [0.4, 0.5) is 0 Å². The summed E-state index contributed by atoms with van der Waals surface area (Å²) in [4.78, 5) is 13.1. The van der Waals surface area contributed by atoms with E-state index < -0.39 is 12.0 Å². The van der Waals surface area contributed by atoms with E-state index in [2.05, 4.69) is 0 Å². The van der Waals surface area contributed by atoms with Gasteiger partial charge in [0.25, 0.3) is 0 Å². The summed E-state index contributed by atoms with van der Waals surface area (Å²) < 4.78 is 0. The molecule has 4 nitrogen and oxygen atoms in total. The highest BCUT2D eigenvalue weighted by Gasteiger charge is 2.28. The van der Waals surface area contributed by atoms with Crippen LogP contribution in [0.25, 0.3) is 0 Å². The van der Waals surface area contributed by atoms with Crippen molar-refractivity contribution in [2.75, 3.05) is 13.6 Å². The summed E-state index contributed by atoms with van der Waals surface area (Å²) in [6, 6.07) is 0.0319. The molecule has 0 heterocycles. The molecule has 0 radical (unpaired) electrons. The lowest BCUT2D eigenvalue weighted by atomic mass is 9.93. The molecule has 15 heavy (non-hydrogen) atoms. The third kappa shape index (κ3) is 3.47. The molecule has 0 aliphatic heterocycles. The van der Waals surface area contributed by atoms with Gasteiger partial charge in [-0.25, -0.2) is 0 Å². The smallest absolute Gasteiger partial charge is 0.320 e. The van der Waals surface area contributed by atoms with Gasteiger partial charge in [-0.1, -0.05) is 19.3 Å². The fourth-order valence-corrected chi connectivity index (χ4v) is 2.40. The van der Waals surface area contributed by atoms with Crippen LogP contribution >= 0.6 is 0 Å². The van der Waals surface area contributed by atoms with Crippen LogP contribution in [-0.4, -0.2) is 41.7 Å². The first-order chi connectivity index (χ1) is 7.16. The molecule has 1 aliphatic rings. The zero-order chi connectivity index (χ0) is 11.3. The van der Waals surface area contributed by atoms with Crippen molar-refractivity contribution < 1.29 is 9.90 Å². The number of nitrogens with two attached hydrogens (primary N) is 1. The minimum absolute atomic E-state index is 0.405. The Hall–Kier alpha value is -0.610. The Morgan fingerprint density at radius 1 is 1.47 bits per heavy atom. The van der Waals surface area contributed by atoms with Gasteiger partial charge in [0.15, 0.2) is 0 Å². The maximum Gasteiger partial charge on any atom is 0.320 e. The quantitative estimate of drug-likeness (QED) is 0.718. The van der Waals surface area contributed by atoms with Crippen LogP contribution in [0.3, 0.4) is 0 Å². The second-order valence-electron chi connectivity index (χ2n) is 4.39. The Kier molecular flexibility index (Phi) is 5.05. The highest BCUT2D eigenvalue weighted by atomic mass is 16.4. The van der Waals surface area contributed by atoms with Gasteiger partial charge in [-0.15, -0.1) is 0 Å². The highest BCUT2D eigenvalue weighted by Crippen LogP contribution is 2.23. The molecule has 4 heteroatoms. The summed E-state index contributed by atoms with van der Waals surface area (Å²) in [7, 11) is 1.92. The molecule has 3 N–H and O–H groups in total. The Morgan fingerprint density at radius 2 is 2.07 bits per heavy atom. The number of aliphatic carboxylic acids is 1. The van der Waals surface area contributed by atoms with Crippen molar-refractivity contribution in [2.24, 2.45) is 5.73 Å². The van der Waals surface area contributed by atoms with E-state index in [4.69, 9.17) is 10.8 Å². The average Bonchev–Trinajstić information content (AvgIpc) is 2.26. The van der Waals surface area contributed by atoms with Crippen LogP contribution in [0, 0.1) is 0 Å². The standard InChI is InChI=1S/C11H22N2O2/c1-13(9-5-3-2-4-6-9)10(7-8-12)11(14)15/h9-10H,2-8,12H2,1H3,(H,14,15). The lowest BCUT2D eigenvalue weighted by Crippen LogP contribution is -2.46. The second-order valence-corrected chi connectivity index (χ2v) is 4.39. The number of carboxylic acid groups (broad SMARTS) is 1. The monoisotopic (exact) mass is 214 g/mol. The van der Waals surface area contributed by atoms with E-state index in [0.29, 0.717) is 19.0 Å². The molecule has 0 amide bonds. The van der Waals surface area contributed by atoms with Gasteiger partial charge < -0.3 is 10.8 Å². The van der Waals surface area contributed by atoms with Crippen LogP contribution in [0.2, 0.25) is 0 Å². The minimum Gasteiger partial charge on any atom is -0.480 e. The molecule has 0 spiro atoms. The summed E-state index contributed by atoms with van der Waals surface area (Å²) >= 11 is 0. The third-order valence-corrected chi connectivity index (χ3v) is 3.37. The number of hydrogen-bond acceptors (Lipinski definition) is 3. The first kappa shape index (κ1) is 12.5. The van der Waals surface area contributed by atoms with Gasteiger partial charge in [-0.05, 0) is 32.9 Å². The molecule has 1 unspecified atom stereocenters. The Bertz CT molecular complexity index is 203. The zero-order valence-electron chi connectivity index (χ0n) is 9.48. The van der Waals surface area contributed by atoms with Crippen LogP contribution < -0.4 is 5.73 Å². The number of carbonyl (C=O) groups is 1. The van der Waals surface area contributed by atoms with Crippen molar-refractivity contribution >= 4 is 5.97 Å². The molecular formula is C11H22N2O2. The molecule has 1 saturated carbocycles. The molecule has 0 aromatic rings. The maximum absolute atomic E-state index is 11.1. The molecule has 1 rings (SSSR count). The molecule has 1 fully saturated rings. The van der Waals surface area contributed by atoms with Crippen LogP contribution in [-0.2, 0) is 4.79 Å². The Balaban J connectivity index is 2.53.